The lowest BCUT2D eigenvalue weighted by Crippen LogP contribution is -2.36. The molecular formula is C13H20N6O2. The average Bonchev–Trinajstić information content (AvgIpc) is 3.07. The van der Waals surface area contributed by atoms with E-state index in [4.69, 9.17) is 5.73 Å². The SMILES string of the molecule is Cn1c(=O)c2[nH]c(NCC3CCCC3N)nc2n(C)c1=O. The van der Waals surface area contributed by atoms with Crippen molar-refractivity contribution in [3.63, 3.8) is 0 Å². The molecular weight excluding hydrogens is 272 g/mol. The highest BCUT2D eigenvalue weighted by molar-refractivity contribution is 5.72. The fourth-order valence-corrected chi connectivity index (χ4v) is 2.96. The first-order valence-corrected chi connectivity index (χ1v) is 7.14. The fourth-order valence-electron chi connectivity index (χ4n) is 2.96. The van der Waals surface area contributed by atoms with E-state index in [0.29, 0.717) is 23.0 Å². The van der Waals surface area contributed by atoms with Crippen LogP contribution in [0.2, 0.25) is 0 Å². The Bertz CT molecular complexity index is 786. The normalized spacial score (nSPS) is 22.0. The Morgan fingerprint density at radius 3 is 2.76 bits per heavy atom. The van der Waals surface area contributed by atoms with E-state index in [0.717, 1.165) is 30.4 Å². The third-order valence-corrected chi connectivity index (χ3v) is 4.34. The maximum absolute atomic E-state index is 12.1. The van der Waals surface area contributed by atoms with Gasteiger partial charge in [0.05, 0.1) is 0 Å². The minimum atomic E-state index is -0.386. The van der Waals surface area contributed by atoms with E-state index < -0.39 is 0 Å². The standard InChI is InChI=1S/C13H20N6O2/c1-18-10-9(11(20)19(2)13(18)21)16-12(17-10)15-6-7-4-3-5-8(7)14/h7-8H,3-6,14H2,1-2H3,(H2,15,16,17). The molecule has 8 nitrogen and oxygen atoms in total. The molecule has 8 heteroatoms. The lowest BCUT2D eigenvalue weighted by Gasteiger charge is -2.15. The number of fused-ring (bicyclic) bond motifs is 1. The van der Waals surface area contributed by atoms with Gasteiger partial charge < -0.3 is 16.0 Å². The molecule has 2 aromatic rings. The van der Waals surface area contributed by atoms with Crippen molar-refractivity contribution in [2.45, 2.75) is 25.3 Å². The number of hydrogen-bond acceptors (Lipinski definition) is 5. The summed E-state index contributed by atoms with van der Waals surface area (Å²) in [7, 11) is 3.05. The van der Waals surface area contributed by atoms with Gasteiger partial charge in [-0.05, 0) is 18.8 Å². The predicted octanol–water partition coefficient (Wildman–Crippen LogP) is -0.500. The van der Waals surface area contributed by atoms with Gasteiger partial charge in [-0.15, -0.1) is 0 Å². The van der Waals surface area contributed by atoms with Crippen LogP contribution in [-0.2, 0) is 14.1 Å². The Morgan fingerprint density at radius 2 is 2.10 bits per heavy atom. The molecule has 0 aliphatic heterocycles. The molecule has 2 unspecified atom stereocenters. The Kier molecular flexibility index (Phi) is 3.32. The quantitative estimate of drug-likeness (QED) is 0.706. The molecule has 1 aliphatic carbocycles. The van der Waals surface area contributed by atoms with Crippen molar-refractivity contribution in [3.8, 4) is 0 Å². The van der Waals surface area contributed by atoms with Crippen molar-refractivity contribution in [2.24, 2.45) is 25.7 Å². The molecule has 0 spiro atoms. The second-order valence-electron chi connectivity index (χ2n) is 5.73. The van der Waals surface area contributed by atoms with Crippen molar-refractivity contribution in [3.05, 3.63) is 20.8 Å². The Hall–Kier alpha value is -2.09. The van der Waals surface area contributed by atoms with Crippen LogP contribution in [-0.4, -0.2) is 31.7 Å². The van der Waals surface area contributed by atoms with Crippen LogP contribution in [0.3, 0.4) is 0 Å². The molecule has 0 aromatic carbocycles. The molecule has 3 rings (SSSR count). The van der Waals surface area contributed by atoms with Crippen LogP contribution in [0.4, 0.5) is 5.95 Å². The largest absolute Gasteiger partial charge is 0.355 e. The summed E-state index contributed by atoms with van der Waals surface area (Å²) in [5.74, 6) is 0.923. The van der Waals surface area contributed by atoms with Crippen LogP contribution in [0.1, 0.15) is 19.3 Å². The van der Waals surface area contributed by atoms with Crippen LogP contribution in [0.25, 0.3) is 11.2 Å². The highest BCUT2D eigenvalue weighted by atomic mass is 16.2. The zero-order valence-electron chi connectivity index (χ0n) is 12.2. The molecule has 2 heterocycles. The first-order chi connectivity index (χ1) is 9.99. The van der Waals surface area contributed by atoms with E-state index in [2.05, 4.69) is 15.3 Å². The molecule has 2 atom stereocenters. The third-order valence-electron chi connectivity index (χ3n) is 4.34. The first-order valence-electron chi connectivity index (χ1n) is 7.14. The molecule has 0 bridgehead atoms. The van der Waals surface area contributed by atoms with E-state index in [-0.39, 0.29) is 17.3 Å². The number of aryl methyl sites for hydroxylation is 1. The number of hydrogen-bond donors (Lipinski definition) is 3. The summed E-state index contributed by atoms with van der Waals surface area (Å²) in [5, 5.41) is 3.19. The second kappa shape index (κ2) is 5.03. The van der Waals surface area contributed by atoms with Crippen molar-refractivity contribution >= 4 is 17.1 Å². The molecule has 21 heavy (non-hydrogen) atoms. The van der Waals surface area contributed by atoms with E-state index in [1.165, 1.54) is 11.6 Å². The molecule has 1 aliphatic rings. The number of nitrogens with one attached hydrogen (secondary N) is 2. The number of nitrogens with zero attached hydrogens (tertiary/aromatic N) is 3. The first kappa shape index (κ1) is 13.9. The van der Waals surface area contributed by atoms with Gasteiger partial charge in [-0.3, -0.25) is 13.9 Å². The summed E-state index contributed by atoms with van der Waals surface area (Å²) >= 11 is 0. The van der Waals surface area contributed by atoms with Crippen LogP contribution < -0.4 is 22.3 Å². The minimum absolute atomic E-state index is 0.221. The number of imidazole rings is 1. The summed E-state index contributed by atoms with van der Waals surface area (Å²) in [6.07, 6.45) is 3.32. The van der Waals surface area contributed by atoms with Gasteiger partial charge in [0.25, 0.3) is 5.56 Å². The van der Waals surface area contributed by atoms with Crippen molar-refractivity contribution in [1.29, 1.82) is 0 Å². The van der Waals surface area contributed by atoms with E-state index in [9.17, 15) is 9.59 Å². The highest BCUT2D eigenvalue weighted by Gasteiger charge is 2.24. The lowest BCUT2D eigenvalue weighted by atomic mass is 10.1. The second-order valence-corrected chi connectivity index (χ2v) is 5.73. The zero-order valence-corrected chi connectivity index (χ0v) is 12.2. The van der Waals surface area contributed by atoms with Gasteiger partial charge >= 0.3 is 5.69 Å². The Labute approximate surface area is 121 Å². The van der Waals surface area contributed by atoms with Gasteiger partial charge in [0, 0.05) is 26.7 Å². The topological polar surface area (TPSA) is 111 Å². The number of rotatable bonds is 3. The van der Waals surface area contributed by atoms with Gasteiger partial charge in [0.15, 0.2) is 11.2 Å². The smallest absolute Gasteiger partial charge is 0.332 e. The maximum Gasteiger partial charge on any atom is 0.332 e. The van der Waals surface area contributed by atoms with Gasteiger partial charge in [-0.25, -0.2) is 4.79 Å². The summed E-state index contributed by atoms with van der Waals surface area (Å²) in [5.41, 5.74) is 5.98. The van der Waals surface area contributed by atoms with E-state index in [1.807, 2.05) is 0 Å². The minimum Gasteiger partial charge on any atom is -0.355 e. The van der Waals surface area contributed by atoms with Gasteiger partial charge in [-0.2, -0.15) is 4.98 Å². The number of aromatic nitrogens is 4. The maximum atomic E-state index is 12.1. The molecule has 2 aromatic heterocycles. The Balaban J connectivity index is 1.91. The monoisotopic (exact) mass is 292 g/mol. The van der Waals surface area contributed by atoms with Gasteiger partial charge in [0.1, 0.15) is 0 Å². The summed E-state index contributed by atoms with van der Waals surface area (Å²) in [4.78, 5) is 31.2. The van der Waals surface area contributed by atoms with Crippen LogP contribution in [0.15, 0.2) is 9.59 Å². The molecule has 4 N–H and O–H groups in total. The lowest BCUT2D eigenvalue weighted by molar-refractivity contribution is 0.504. The van der Waals surface area contributed by atoms with Crippen LogP contribution >= 0.6 is 0 Å². The number of aromatic amines is 1. The molecule has 114 valence electrons. The molecule has 1 fully saturated rings. The van der Waals surface area contributed by atoms with Crippen molar-refractivity contribution in [2.75, 3.05) is 11.9 Å². The van der Waals surface area contributed by atoms with Crippen molar-refractivity contribution < 1.29 is 0 Å². The third kappa shape index (κ3) is 2.25. The van der Waals surface area contributed by atoms with E-state index >= 15 is 0 Å². The summed E-state index contributed by atoms with van der Waals surface area (Å²) in [6.45, 7) is 0.718. The molecule has 0 saturated heterocycles. The van der Waals surface area contributed by atoms with Crippen LogP contribution in [0.5, 0.6) is 0 Å². The van der Waals surface area contributed by atoms with Gasteiger partial charge in [0.2, 0.25) is 5.95 Å². The molecule has 0 radical (unpaired) electrons. The zero-order chi connectivity index (χ0) is 15.1. The molecule has 1 saturated carbocycles. The summed E-state index contributed by atoms with van der Waals surface area (Å²) in [6, 6.07) is 0.221. The number of H-pyrrole nitrogens is 1. The van der Waals surface area contributed by atoms with E-state index in [1.54, 1.807) is 7.05 Å². The van der Waals surface area contributed by atoms with Gasteiger partial charge in [-0.1, -0.05) is 6.42 Å². The van der Waals surface area contributed by atoms with Crippen molar-refractivity contribution in [1.82, 2.24) is 19.1 Å². The fraction of sp³-hybridized carbons (Fsp3) is 0.615. The summed E-state index contributed by atoms with van der Waals surface area (Å²) < 4.78 is 2.43. The predicted molar refractivity (Wildman–Crippen MR) is 80.4 cm³/mol. The van der Waals surface area contributed by atoms with Crippen LogP contribution in [0, 0.1) is 5.92 Å². The molecule has 0 amide bonds. The average molecular weight is 292 g/mol. The Morgan fingerprint density at radius 1 is 1.33 bits per heavy atom. The number of anilines is 1. The highest BCUT2D eigenvalue weighted by Crippen LogP contribution is 2.24. The number of nitrogens with two attached hydrogens (primary N) is 1.